The highest BCUT2D eigenvalue weighted by Gasteiger charge is 2.18. The second kappa shape index (κ2) is 8.36. The van der Waals surface area contributed by atoms with E-state index in [1.807, 2.05) is 0 Å². The topological polar surface area (TPSA) is 76.6 Å². The molecule has 3 rings (SSSR count). The van der Waals surface area contributed by atoms with Crippen molar-refractivity contribution in [2.75, 3.05) is 51.3 Å². The maximum absolute atomic E-state index is 12.1. The summed E-state index contributed by atoms with van der Waals surface area (Å²) in [7, 11) is 0. The second-order valence-electron chi connectivity index (χ2n) is 5.51. The predicted molar refractivity (Wildman–Crippen MR) is 93.7 cm³/mol. The summed E-state index contributed by atoms with van der Waals surface area (Å²) in [5, 5.41) is 5.89. The first-order valence-electron chi connectivity index (χ1n) is 8.23. The van der Waals surface area contributed by atoms with Gasteiger partial charge in [-0.2, -0.15) is 0 Å². The van der Waals surface area contributed by atoms with Crippen molar-refractivity contribution >= 4 is 33.3 Å². The normalized spacial score (nSPS) is 15.5. The Labute approximate surface area is 145 Å². The van der Waals surface area contributed by atoms with Gasteiger partial charge >= 0.3 is 5.97 Å². The monoisotopic (exact) mass is 350 g/mol. The summed E-state index contributed by atoms with van der Waals surface area (Å²) in [6.45, 7) is 7.60. The number of morpholine rings is 1. The number of thiophene rings is 1. The fourth-order valence-corrected chi connectivity index (χ4v) is 3.58. The van der Waals surface area contributed by atoms with Crippen LogP contribution in [0.2, 0.25) is 0 Å². The number of carbonyl (C=O) groups is 1. The molecule has 0 aliphatic carbocycles. The number of hydrogen-bond acceptors (Lipinski definition) is 8. The van der Waals surface area contributed by atoms with E-state index in [-0.39, 0.29) is 5.97 Å². The summed E-state index contributed by atoms with van der Waals surface area (Å²) < 4.78 is 10.5. The van der Waals surface area contributed by atoms with Crippen molar-refractivity contribution in [3.8, 4) is 0 Å². The Hall–Kier alpha value is -1.77. The van der Waals surface area contributed by atoms with E-state index in [0.29, 0.717) is 18.0 Å². The molecule has 1 aliphatic heterocycles. The molecule has 1 N–H and O–H groups in total. The van der Waals surface area contributed by atoms with Gasteiger partial charge in [0.25, 0.3) is 0 Å². The van der Waals surface area contributed by atoms with Gasteiger partial charge in [-0.3, -0.25) is 4.90 Å². The summed E-state index contributed by atoms with van der Waals surface area (Å²) in [6.07, 6.45) is 2.53. The molecule has 0 amide bonds. The highest BCUT2D eigenvalue weighted by molar-refractivity contribution is 7.17. The molecule has 0 atom stereocenters. The third kappa shape index (κ3) is 4.00. The number of carbonyl (C=O) groups excluding carboxylic acids is 1. The van der Waals surface area contributed by atoms with Gasteiger partial charge in [-0.05, 0) is 19.9 Å². The lowest BCUT2D eigenvalue weighted by Crippen LogP contribution is -2.37. The molecule has 0 unspecified atom stereocenters. The number of esters is 1. The van der Waals surface area contributed by atoms with Crippen molar-refractivity contribution in [3.05, 3.63) is 17.3 Å². The highest BCUT2D eigenvalue weighted by Crippen LogP contribution is 2.29. The lowest BCUT2D eigenvalue weighted by Gasteiger charge is -2.26. The smallest absolute Gasteiger partial charge is 0.339 e. The minimum Gasteiger partial charge on any atom is -0.462 e. The van der Waals surface area contributed by atoms with E-state index in [2.05, 4.69) is 20.2 Å². The Morgan fingerprint density at radius 2 is 2.25 bits per heavy atom. The van der Waals surface area contributed by atoms with Crippen LogP contribution in [-0.4, -0.2) is 66.8 Å². The predicted octanol–water partition coefficient (Wildman–Crippen LogP) is 2.00. The number of anilines is 1. The van der Waals surface area contributed by atoms with Crippen molar-refractivity contribution in [1.82, 2.24) is 14.9 Å². The van der Waals surface area contributed by atoms with Crippen LogP contribution < -0.4 is 5.32 Å². The molecule has 24 heavy (non-hydrogen) atoms. The zero-order valence-electron chi connectivity index (χ0n) is 13.8. The van der Waals surface area contributed by atoms with Crippen LogP contribution in [0, 0.1) is 0 Å². The van der Waals surface area contributed by atoms with E-state index in [4.69, 9.17) is 9.47 Å². The molecule has 0 bridgehead atoms. The molecule has 8 heteroatoms. The summed E-state index contributed by atoms with van der Waals surface area (Å²) >= 11 is 1.43. The molecule has 0 spiro atoms. The average Bonchev–Trinajstić information content (AvgIpc) is 3.05. The van der Waals surface area contributed by atoms with Gasteiger partial charge in [0.1, 0.15) is 17.0 Å². The van der Waals surface area contributed by atoms with Crippen LogP contribution in [0.4, 0.5) is 5.82 Å². The number of hydrogen-bond donors (Lipinski definition) is 1. The molecule has 2 aromatic rings. The lowest BCUT2D eigenvalue weighted by molar-refractivity contribution is 0.0378. The second-order valence-corrected chi connectivity index (χ2v) is 6.36. The van der Waals surface area contributed by atoms with Gasteiger partial charge in [-0.1, -0.05) is 0 Å². The van der Waals surface area contributed by atoms with E-state index in [9.17, 15) is 4.79 Å². The Bertz CT molecular complexity index is 685. The number of aromatic nitrogens is 2. The molecule has 2 aromatic heterocycles. The fraction of sp³-hybridized carbons (Fsp3) is 0.562. The third-order valence-electron chi connectivity index (χ3n) is 3.91. The zero-order chi connectivity index (χ0) is 16.8. The number of rotatable bonds is 7. The summed E-state index contributed by atoms with van der Waals surface area (Å²) in [5.74, 6) is 0.376. The minimum absolute atomic E-state index is 0.324. The Morgan fingerprint density at radius 3 is 3.04 bits per heavy atom. The van der Waals surface area contributed by atoms with E-state index >= 15 is 0 Å². The molecule has 1 fully saturated rings. The van der Waals surface area contributed by atoms with Gasteiger partial charge in [0.05, 0.1) is 30.8 Å². The van der Waals surface area contributed by atoms with Gasteiger partial charge in [0.2, 0.25) is 0 Å². The zero-order valence-corrected chi connectivity index (χ0v) is 14.6. The van der Waals surface area contributed by atoms with Crippen LogP contribution in [0.3, 0.4) is 0 Å². The van der Waals surface area contributed by atoms with E-state index < -0.39 is 0 Å². The SMILES string of the molecule is CCOC(=O)c1csc2ncnc(NCCCN3CCOCC3)c12. The van der Waals surface area contributed by atoms with Gasteiger partial charge in [0.15, 0.2) is 0 Å². The molecule has 1 saturated heterocycles. The van der Waals surface area contributed by atoms with Gasteiger partial charge < -0.3 is 14.8 Å². The third-order valence-corrected chi connectivity index (χ3v) is 4.80. The fourth-order valence-electron chi connectivity index (χ4n) is 2.70. The van der Waals surface area contributed by atoms with Gasteiger partial charge in [-0.15, -0.1) is 11.3 Å². The molecule has 130 valence electrons. The van der Waals surface area contributed by atoms with Crippen molar-refractivity contribution in [1.29, 1.82) is 0 Å². The number of fused-ring (bicyclic) bond motifs is 1. The average molecular weight is 350 g/mol. The van der Waals surface area contributed by atoms with Gasteiger partial charge in [-0.25, -0.2) is 14.8 Å². The molecule has 0 aromatic carbocycles. The molecule has 7 nitrogen and oxygen atoms in total. The molecule has 0 radical (unpaired) electrons. The highest BCUT2D eigenvalue weighted by atomic mass is 32.1. The van der Waals surface area contributed by atoms with Crippen molar-refractivity contribution in [2.24, 2.45) is 0 Å². The quantitative estimate of drug-likeness (QED) is 0.604. The van der Waals surface area contributed by atoms with Crippen LogP contribution in [-0.2, 0) is 9.47 Å². The summed E-state index contributed by atoms with van der Waals surface area (Å²) in [5.41, 5.74) is 0.535. The van der Waals surface area contributed by atoms with Crippen LogP contribution >= 0.6 is 11.3 Å². The molecule has 1 aliphatic rings. The molecular weight excluding hydrogens is 328 g/mol. The lowest BCUT2D eigenvalue weighted by atomic mass is 10.2. The maximum Gasteiger partial charge on any atom is 0.339 e. The van der Waals surface area contributed by atoms with Crippen LogP contribution in [0.15, 0.2) is 11.7 Å². The largest absolute Gasteiger partial charge is 0.462 e. The Morgan fingerprint density at radius 1 is 1.42 bits per heavy atom. The van der Waals surface area contributed by atoms with Crippen LogP contribution in [0.5, 0.6) is 0 Å². The van der Waals surface area contributed by atoms with Gasteiger partial charge in [0, 0.05) is 25.0 Å². The minimum atomic E-state index is -0.324. The number of ether oxygens (including phenoxy) is 2. The first kappa shape index (κ1) is 17.1. The van der Waals surface area contributed by atoms with Crippen LogP contribution in [0.25, 0.3) is 10.2 Å². The first-order chi connectivity index (χ1) is 11.8. The Kier molecular flexibility index (Phi) is 5.95. The molecular formula is C16H22N4O3S. The number of nitrogens with one attached hydrogen (secondary N) is 1. The first-order valence-corrected chi connectivity index (χ1v) is 9.11. The van der Waals surface area contributed by atoms with Crippen LogP contribution in [0.1, 0.15) is 23.7 Å². The maximum atomic E-state index is 12.1. The molecule has 3 heterocycles. The number of nitrogens with zero attached hydrogens (tertiary/aromatic N) is 3. The molecule has 0 saturated carbocycles. The van der Waals surface area contributed by atoms with E-state index in [1.54, 1.807) is 12.3 Å². The Balaban J connectivity index is 1.63. The van der Waals surface area contributed by atoms with E-state index in [1.165, 1.54) is 17.7 Å². The van der Waals surface area contributed by atoms with E-state index in [0.717, 1.165) is 56.0 Å². The summed E-state index contributed by atoms with van der Waals surface area (Å²) in [4.78, 5) is 23.8. The van der Waals surface area contributed by atoms with Crippen molar-refractivity contribution in [2.45, 2.75) is 13.3 Å². The van der Waals surface area contributed by atoms with Crippen molar-refractivity contribution in [3.63, 3.8) is 0 Å². The summed E-state index contributed by atoms with van der Waals surface area (Å²) in [6, 6.07) is 0. The van der Waals surface area contributed by atoms with Crippen molar-refractivity contribution < 1.29 is 14.3 Å². The standard InChI is InChI=1S/C16H22N4O3S/c1-2-23-16(21)12-10-24-15-13(12)14(18-11-19-15)17-4-3-5-20-6-8-22-9-7-20/h10-11H,2-9H2,1H3,(H,17,18,19).